The summed E-state index contributed by atoms with van der Waals surface area (Å²) in [5, 5.41) is 5.26. The molecule has 1 aliphatic rings. The Kier molecular flexibility index (Phi) is 3.93. The first-order valence-electron chi connectivity index (χ1n) is 9.22. The zero-order valence-corrected chi connectivity index (χ0v) is 15.0. The van der Waals surface area contributed by atoms with Crippen LogP contribution in [0.1, 0.15) is 25.3 Å². The molecule has 28 heavy (non-hydrogen) atoms. The Labute approximate surface area is 160 Å². The molecule has 5 rings (SSSR count). The van der Waals surface area contributed by atoms with Crippen LogP contribution < -0.4 is 10.5 Å². The topological polar surface area (TPSA) is 78.8 Å². The van der Waals surface area contributed by atoms with E-state index in [1.54, 1.807) is 12.1 Å². The maximum atomic E-state index is 15.0. The van der Waals surface area contributed by atoms with Gasteiger partial charge in [0.25, 0.3) is 0 Å². The molecule has 0 amide bonds. The lowest BCUT2D eigenvalue weighted by Crippen LogP contribution is -2.18. The molecule has 0 bridgehead atoms. The van der Waals surface area contributed by atoms with Crippen LogP contribution in [0.2, 0.25) is 0 Å². The minimum absolute atomic E-state index is 0.272. The predicted octanol–water partition coefficient (Wildman–Crippen LogP) is 4.73. The van der Waals surface area contributed by atoms with Gasteiger partial charge in [-0.05, 0) is 43.5 Å². The molecule has 2 aromatic carbocycles. The molecule has 2 heterocycles. The first-order valence-corrected chi connectivity index (χ1v) is 9.22. The molecule has 0 saturated heterocycles. The number of hydrogen-bond acceptors (Lipinski definition) is 5. The molecular formula is C21H18FN5O. The normalized spacial score (nSPS) is 14.2. The van der Waals surface area contributed by atoms with Crippen LogP contribution in [0.4, 0.5) is 10.2 Å². The van der Waals surface area contributed by atoms with Crippen molar-refractivity contribution in [3.63, 3.8) is 0 Å². The number of nitrogens with two attached hydrogens (primary N) is 1. The number of anilines is 1. The minimum Gasteiger partial charge on any atom is -0.457 e. The largest absolute Gasteiger partial charge is 0.457 e. The lowest BCUT2D eigenvalue weighted by Gasteiger charge is -2.25. The minimum atomic E-state index is -0.433. The van der Waals surface area contributed by atoms with Gasteiger partial charge in [0.15, 0.2) is 5.65 Å². The summed E-state index contributed by atoms with van der Waals surface area (Å²) in [4.78, 5) is 8.44. The average molecular weight is 375 g/mol. The molecule has 0 unspecified atom stereocenters. The van der Waals surface area contributed by atoms with E-state index in [2.05, 4.69) is 15.1 Å². The van der Waals surface area contributed by atoms with Crippen LogP contribution in [0.25, 0.3) is 22.3 Å². The zero-order valence-electron chi connectivity index (χ0n) is 15.0. The molecule has 2 N–H and O–H groups in total. The van der Waals surface area contributed by atoms with E-state index >= 15 is 0 Å². The van der Waals surface area contributed by atoms with Crippen LogP contribution in [0.5, 0.6) is 11.5 Å². The number of aromatic nitrogens is 4. The Morgan fingerprint density at radius 1 is 1.04 bits per heavy atom. The van der Waals surface area contributed by atoms with Crippen LogP contribution >= 0.6 is 0 Å². The summed E-state index contributed by atoms with van der Waals surface area (Å²) < 4.78 is 22.6. The van der Waals surface area contributed by atoms with Crippen molar-refractivity contribution in [2.24, 2.45) is 0 Å². The van der Waals surface area contributed by atoms with Crippen molar-refractivity contribution in [2.75, 3.05) is 5.73 Å². The molecule has 2 aromatic heterocycles. The van der Waals surface area contributed by atoms with Crippen molar-refractivity contribution in [1.82, 2.24) is 19.7 Å². The highest BCUT2D eigenvalue weighted by atomic mass is 19.1. The summed E-state index contributed by atoms with van der Waals surface area (Å²) in [6.07, 6.45) is 4.65. The molecule has 1 saturated carbocycles. The van der Waals surface area contributed by atoms with Crippen LogP contribution in [0.15, 0.2) is 54.9 Å². The second-order valence-electron chi connectivity index (χ2n) is 6.89. The second kappa shape index (κ2) is 6.60. The van der Waals surface area contributed by atoms with Gasteiger partial charge < -0.3 is 10.5 Å². The Balaban J connectivity index is 1.58. The maximum Gasteiger partial charge on any atom is 0.164 e. The number of hydrogen-bond donors (Lipinski definition) is 1. The number of benzene rings is 2. The monoisotopic (exact) mass is 375 g/mol. The molecule has 1 fully saturated rings. The second-order valence-corrected chi connectivity index (χ2v) is 6.89. The molecule has 0 spiro atoms. The Morgan fingerprint density at radius 3 is 2.57 bits per heavy atom. The van der Waals surface area contributed by atoms with Gasteiger partial charge in [-0.25, -0.2) is 19.0 Å². The van der Waals surface area contributed by atoms with Crippen molar-refractivity contribution >= 4 is 16.9 Å². The highest BCUT2D eigenvalue weighted by Gasteiger charge is 2.27. The lowest BCUT2D eigenvalue weighted by molar-refractivity contribution is 0.296. The number of halogens is 1. The number of ether oxygens (including phenoxy) is 1. The van der Waals surface area contributed by atoms with Gasteiger partial charge in [0.1, 0.15) is 35.2 Å². The summed E-state index contributed by atoms with van der Waals surface area (Å²) in [6.45, 7) is 0. The highest BCUT2D eigenvalue weighted by Crippen LogP contribution is 2.39. The molecule has 4 aromatic rings. The molecule has 6 nitrogen and oxygen atoms in total. The fraction of sp³-hybridized carbons (Fsp3) is 0.190. The fourth-order valence-electron chi connectivity index (χ4n) is 3.45. The first kappa shape index (κ1) is 16.7. The molecule has 0 aliphatic heterocycles. The molecule has 0 atom stereocenters. The van der Waals surface area contributed by atoms with Crippen molar-refractivity contribution in [3.05, 3.63) is 60.7 Å². The van der Waals surface area contributed by atoms with E-state index in [-0.39, 0.29) is 6.04 Å². The summed E-state index contributed by atoms with van der Waals surface area (Å²) in [5.74, 6) is 0.929. The van der Waals surface area contributed by atoms with E-state index < -0.39 is 5.82 Å². The molecule has 0 radical (unpaired) electrons. The van der Waals surface area contributed by atoms with E-state index in [1.165, 1.54) is 12.4 Å². The van der Waals surface area contributed by atoms with Gasteiger partial charge in [-0.3, -0.25) is 0 Å². The predicted molar refractivity (Wildman–Crippen MR) is 105 cm³/mol. The summed E-state index contributed by atoms with van der Waals surface area (Å²) in [6, 6.07) is 14.3. The number of nitrogens with zero attached hydrogens (tertiary/aromatic N) is 4. The fourth-order valence-corrected chi connectivity index (χ4v) is 3.45. The lowest BCUT2D eigenvalue weighted by atomic mass is 9.93. The van der Waals surface area contributed by atoms with Crippen molar-refractivity contribution < 1.29 is 9.13 Å². The van der Waals surface area contributed by atoms with Crippen molar-refractivity contribution in [1.29, 1.82) is 0 Å². The summed E-state index contributed by atoms with van der Waals surface area (Å²) >= 11 is 0. The molecular weight excluding hydrogens is 357 g/mol. The Morgan fingerprint density at radius 2 is 1.86 bits per heavy atom. The maximum absolute atomic E-state index is 15.0. The van der Waals surface area contributed by atoms with Crippen molar-refractivity contribution in [3.8, 4) is 22.8 Å². The summed E-state index contributed by atoms with van der Waals surface area (Å²) in [5.41, 5.74) is 7.56. The third-order valence-electron chi connectivity index (χ3n) is 5.11. The Bertz CT molecular complexity index is 1150. The summed E-state index contributed by atoms with van der Waals surface area (Å²) in [7, 11) is 0. The zero-order chi connectivity index (χ0) is 19.1. The van der Waals surface area contributed by atoms with Gasteiger partial charge in [0, 0.05) is 11.6 Å². The van der Waals surface area contributed by atoms with Gasteiger partial charge in [-0.1, -0.05) is 18.2 Å². The molecule has 140 valence electrons. The van der Waals surface area contributed by atoms with Crippen molar-refractivity contribution in [2.45, 2.75) is 25.3 Å². The smallest absolute Gasteiger partial charge is 0.164 e. The van der Waals surface area contributed by atoms with E-state index in [9.17, 15) is 4.39 Å². The third-order valence-corrected chi connectivity index (χ3v) is 5.11. The number of fused-ring (bicyclic) bond motifs is 1. The SMILES string of the molecule is Nc1ncnc2c1c(-c1ccc(Oc3ccccc3)cc1F)nn2C1CCC1. The quantitative estimate of drug-likeness (QED) is 0.558. The average Bonchev–Trinajstić information content (AvgIpc) is 3.02. The van der Waals surface area contributed by atoms with Crippen LogP contribution in [-0.2, 0) is 0 Å². The third kappa shape index (κ3) is 2.76. The van der Waals surface area contributed by atoms with Crippen LogP contribution in [0, 0.1) is 5.82 Å². The molecule has 7 heteroatoms. The van der Waals surface area contributed by atoms with Gasteiger partial charge in [0.05, 0.1) is 11.4 Å². The molecule has 1 aliphatic carbocycles. The van der Waals surface area contributed by atoms with Crippen LogP contribution in [0.3, 0.4) is 0 Å². The van der Waals surface area contributed by atoms with E-state index in [4.69, 9.17) is 10.5 Å². The van der Waals surface area contributed by atoms with E-state index in [0.717, 1.165) is 19.3 Å². The highest BCUT2D eigenvalue weighted by molar-refractivity contribution is 5.98. The van der Waals surface area contributed by atoms with Crippen LogP contribution in [-0.4, -0.2) is 19.7 Å². The van der Waals surface area contributed by atoms with Gasteiger partial charge in [0.2, 0.25) is 0 Å². The number of rotatable bonds is 4. The number of para-hydroxylation sites is 1. The van der Waals surface area contributed by atoms with E-state index in [0.29, 0.717) is 39.6 Å². The Hall–Kier alpha value is -3.48. The standard InChI is InChI=1S/C21H18FN5O/c22-17-11-15(28-14-7-2-1-3-8-14)9-10-16(17)19-18-20(23)24-12-25-21(18)27(26-19)13-5-4-6-13/h1-3,7-13H,4-6H2,(H2,23,24,25). The number of nitrogen functional groups attached to an aromatic ring is 1. The van der Waals surface area contributed by atoms with E-state index in [1.807, 2.05) is 35.0 Å². The van der Waals surface area contributed by atoms with Gasteiger partial charge >= 0.3 is 0 Å². The first-order chi connectivity index (χ1) is 13.7. The van der Waals surface area contributed by atoms with Gasteiger partial charge in [-0.15, -0.1) is 0 Å². The van der Waals surface area contributed by atoms with Gasteiger partial charge in [-0.2, -0.15) is 5.10 Å².